The molecule has 1 atom stereocenters. The molecule has 17 heavy (non-hydrogen) atoms. The summed E-state index contributed by atoms with van der Waals surface area (Å²) in [5.74, 6) is -0.0800. The highest BCUT2D eigenvalue weighted by Gasteiger charge is 2.46. The molecule has 0 bridgehead atoms. The minimum atomic E-state index is -0.0800. The van der Waals surface area contributed by atoms with E-state index in [0.29, 0.717) is 11.7 Å². The number of nitrogens with zero attached hydrogens (tertiary/aromatic N) is 1. The van der Waals surface area contributed by atoms with Gasteiger partial charge in [-0.25, -0.2) is 4.98 Å². The Hall–Kier alpha value is -1.58. The molecule has 1 saturated carbocycles. The lowest BCUT2D eigenvalue weighted by molar-refractivity contribution is 0.0941. The van der Waals surface area contributed by atoms with Crippen molar-refractivity contribution in [3.05, 3.63) is 24.0 Å². The molecule has 0 radical (unpaired) electrons. The van der Waals surface area contributed by atoms with Gasteiger partial charge in [-0.2, -0.15) is 0 Å². The van der Waals surface area contributed by atoms with Crippen molar-refractivity contribution in [2.24, 2.45) is 5.41 Å². The molecule has 1 aliphatic carbocycles. The quantitative estimate of drug-likeness (QED) is 0.836. The van der Waals surface area contributed by atoms with E-state index in [-0.39, 0.29) is 11.3 Å². The van der Waals surface area contributed by atoms with Crippen LogP contribution in [0.15, 0.2) is 18.3 Å². The first-order valence-electron chi connectivity index (χ1n) is 6.04. The predicted molar refractivity (Wildman–Crippen MR) is 68.1 cm³/mol. The summed E-state index contributed by atoms with van der Waals surface area (Å²) >= 11 is 0. The van der Waals surface area contributed by atoms with Gasteiger partial charge in [0.05, 0.1) is 11.9 Å². The molecule has 1 aromatic heterocycles. The van der Waals surface area contributed by atoms with Crippen molar-refractivity contribution < 1.29 is 4.79 Å². The first kappa shape index (κ1) is 11.9. The molecule has 1 unspecified atom stereocenters. The van der Waals surface area contributed by atoms with E-state index >= 15 is 0 Å². The second kappa shape index (κ2) is 4.35. The summed E-state index contributed by atoms with van der Waals surface area (Å²) in [6, 6.07) is 3.93. The van der Waals surface area contributed by atoms with Crippen LogP contribution in [0.4, 0.5) is 5.69 Å². The zero-order valence-corrected chi connectivity index (χ0v) is 10.6. The zero-order valence-electron chi connectivity index (χ0n) is 10.6. The average molecular weight is 233 g/mol. The first-order chi connectivity index (χ1) is 8.03. The third-order valence-corrected chi connectivity index (χ3v) is 3.20. The summed E-state index contributed by atoms with van der Waals surface area (Å²) in [6.07, 6.45) is 2.74. The highest BCUT2D eigenvalue weighted by Crippen LogP contribution is 2.44. The molecule has 1 fully saturated rings. The summed E-state index contributed by atoms with van der Waals surface area (Å²) in [5, 5.41) is 6.14. The number of hydrogen-bond donors (Lipinski definition) is 2. The Morgan fingerprint density at radius 3 is 2.71 bits per heavy atom. The highest BCUT2D eigenvalue weighted by atomic mass is 16.2. The van der Waals surface area contributed by atoms with Crippen LogP contribution in [-0.2, 0) is 0 Å². The van der Waals surface area contributed by atoms with Crippen LogP contribution < -0.4 is 10.6 Å². The van der Waals surface area contributed by atoms with Crippen molar-refractivity contribution in [3.8, 4) is 0 Å². The molecule has 0 spiro atoms. The van der Waals surface area contributed by atoms with E-state index in [1.54, 1.807) is 12.3 Å². The van der Waals surface area contributed by atoms with Crippen molar-refractivity contribution in [1.82, 2.24) is 10.3 Å². The van der Waals surface area contributed by atoms with Gasteiger partial charge in [0, 0.05) is 12.6 Å². The lowest BCUT2D eigenvalue weighted by Crippen LogP contribution is -2.29. The summed E-state index contributed by atoms with van der Waals surface area (Å²) in [5.41, 5.74) is 1.67. The molecule has 0 saturated heterocycles. The van der Waals surface area contributed by atoms with Crippen molar-refractivity contribution >= 4 is 11.6 Å². The minimum Gasteiger partial charge on any atom is -0.384 e. The van der Waals surface area contributed by atoms with Gasteiger partial charge in [-0.3, -0.25) is 4.79 Å². The predicted octanol–water partition coefficient (Wildman–Crippen LogP) is 2.04. The van der Waals surface area contributed by atoms with Crippen LogP contribution in [0.3, 0.4) is 0 Å². The van der Waals surface area contributed by atoms with Gasteiger partial charge in [-0.1, -0.05) is 13.8 Å². The van der Waals surface area contributed by atoms with E-state index in [4.69, 9.17) is 0 Å². The molecule has 1 aromatic rings. The zero-order chi connectivity index (χ0) is 12.5. The smallest absolute Gasteiger partial charge is 0.270 e. The summed E-state index contributed by atoms with van der Waals surface area (Å²) in [4.78, 5) is 16.0. The van der Waals surface area contributed by atoms with Gasteiger partial charge >= 0.3 is 0 Å². The second-order valence-electron chi connectivity index (χ2n) is 5.18. The minimum absolute atomic E-state index is 0.0800. The fraction of sp³-hybridized carbons (Fsp3) is 0.538. The number of carbonyl (C=O) groups is 1. The highest BCUT2D eigenvalue weighted by molar-refractivity contribution is 5.92. The molecule has 2 rings (SSSR count). The largest absolute Gasteiger partial charge is 0.384 e. The Bertz CT molecular complexity index is 411. The topological polar surface area (TPSA) is 54.0 Å². The van der Waals surface area contributed by atoms with E-state index in [0.717, 1.165) is 18.7 Å². The number of pyridine rings is 1. The molecule has 4 heteroatoms. The molecule has 2 N–H and O–H groups in total. The van der Waals surface area contributed by atoms with E-state index in [1.165, 1.54) is 0 Å². The molecule has 1 aliphatic rings. The Labute approximate surface area is 102 Å². The van der Waals surface area contributed by atoms with Crippen molar-refractivity contribution in [2.45, 2.75) is 33.2 Å². The Kier molecular flexibility index (Phi) is 3.05. The summed E-state index contributed by atoms with van der Waals surface area (Å²) < 4.78 is 0. The van der Waals surface area contributed by atoms with Crippen LogP contribution in [0.1, 0.15) is 37.7 Å². The molecule has 0 aliphatic heterocycles. The normalized spacial score (nSPS) is 20.8. The van der Waals surface area contributed by atoms with Crippen molar-refractivity contribution in [1.29, 1.82) is 0 Å². The first-order valence-corrected chi connectivity index (χ1v) is 6.04. The molecule has 92 valence electrons. The number of hydrogen-bond acceptors (Lipinski definition) is 3. The maximum Gasteiger partial charge on any atom is 0.270 e. The monoisotopic (exact) mass is 233 g/mol. The van der Waals surface area contributed by atoms with Gasteiger partial charge < -0.3 is 10.6 Å². The fourth-order valence-electron chi connectivity index (χ4n) is 1.78. The van der Waals surface area contributed by atoms with Gasteiger partial charge in [-0.05, 0) is 30.9 Å². The van der Waals surface area contributed by atoms with Crippen LogP contribution in [0, 0.1) is 5.41 Å². The van der Waals surface area contributed by atoms with Gasteiger partial charge in [0.1, 0.15) is 5.69 Å². The van der Waals surface area contributed by atoms with Gasteiger partial charge in [-0.15, -0.1) is 0 Å². The molecular formula is C13H19N3O. The molecule has 4 nitrogen and oxygen atoms in total. The third-order valence-electron chi connectivity index (χ3n) is 3.20. The third kappa shape index (κ3) is 2.75. The second-order valence-corrected chi connectivity index (χ2v) is 5.18. The maximum atomic E-state index is 11.9. The van der Waals surface area contributed by atoms with E-state index in [1.807, 2.05) is 13.0 Å². The summed E-state index contributed by atoms with van der Waals surface area (Å²) in [6.45, 7) is 7.18. The van der Waals surface area contributed by atoms with Crippen LogP contribution in [0.25, 0.3) is 0 Å². The number of aromatic nitrogens is 1. The van der Waals surface area contributed by atoms with Crippen LogP contribution in [0.5, 0.6) is 0 Å². The van der Waals surface area contributed by atoms with Crippen molar-refractivity contribution in [3.63, 3.8) is 0 Å². The van der Waals surface area contributed by atoms with Gasteiger partial charge in [0.25, 0.3) is 5.91 Å². The van der Waals surface area contributed by atoms with Gasteiger partial charge in [0.2, 0.25) is 0 Å². The Morgan fingerprint density at radius 2 is 2.24 bits per heavy atom. The number of carbonyl (C=O) groups excluding carboxylic acids is 1. The van der Waals surface area contributed by atoms with Gasteiger partial charge in [0.15, 0.2) is 0 Å². The Morgan fingerprint density at radius 1 is 1.53 bits per heavy atom. The van der Waals surface area contributed by atoms with Crippen LogP contribution in [0.2, 0.25) is 0 Å². The number of amides is 1. The molecular weight excluding hydrogens is 214 g/mol. The average Bonchev–Trinajstić information content (AvgIpc) is 2.87. The maximum absolute atomic E-state index is 11.9. The molecule has 1 amide bonds. The summed E-state index contributed by atoms with van der Waals surface area (Å²) in [7, 11) is 0. The number of anilines is 1. The standard InChI is InChI=1S/C13H19N3O/c1-4-14-9-5-6-10(15-8-9)12(17)16-11-7-13(11,2)3/h5-6,8,11,14H,4,7H2,1-3H3,(H,16,17). The van der Waals surface area contributed by atoms with E-state index in [2.05, 4.69) is 29.5 Å². The Balaban J connectivity index is 1.95. The fourth-order valence-corrected chi connectivity index (χ4v) is 1.78. The van der Waals surface area contributed by atoms with E-state index < -0.39 is 0 Å². The van der Waals surface area contributed by atoms with Crippen LogP contribution >= 0.6 is 0 Å². The van der Waals surface area contributed by atoms with Crippen molar-refractivity contribution in [2.75, 3.05) is 11.9 Å². The number of rotatable bonds is 4. The van der Waals surface area contributed by atoms with Crippen LogP contribution in [-0.4, -0.2) is 23.5 Å². The SMILES string of the molecule is CCNc1ccc(C(=O)NC2CC2(C)C)nc1. The molecule has 1 heterocycles. The lowest BCUT2D eigenvalue weighted by Gasteiger charge is -2.07. The lowest BCUT2D eigenvalue weighted by atomic mass is 10.2. The van der Waals surface area contributed by atoms with E-state index in [9.17, 15) is 4.79 Å². The number of nitrogens with one attached hydrogen (secondary N) is 2. The molecule has 0 aromatic carbocycles.